The van der Waals surface area contributed by atoms with Gasteiger partial charge in [0.15, 0.2) is 6.61 Å². The predicted molar refractivity (Wildman–Crippen MR) is 96.7 cm³/mol. The summed E-state index contributed by atoms with van der Waals surface area (Å²) >= 11 is 1.52. The number of aryl methyl sites for hydroxylation is 1. The van der Waals surface area contributed by atoms with E-state index in [0.29, 0.717) is 23.0 Å². The van der Waals surface area contributed by atoms with Crippen molar-refractivity contribution in [2.75, 3.05) is 11.9 Å². The molecule has 0 aliphatic rings. The molecule has 0 bridgehead atoms. The Balaban J connectivity index is 1.42. The molecule has 0 saturated carbocycles. The second kappa shape index (κ2) is 8.73. The Morgan fingerprint density at radius 2 is 2.22 bits per heavy atom. The lowest BCUT2D eigenvalue weighted by Gasteiger charge is -2.06. The molecule has 9 heteroatoms. The number of rotatable bonds is 7. The maximum absolute atomic E-state index is 11.8. The monoisotopic (exact) mass is 382 g/mol. The highest BCUT2D eigenvalue weighted by Crippen LogP contribution is 2.19. The summed E-state index contributed by atoms with van der Waals surface area (Å²) in [7, 11) is 0. The molecule has 0 saturated heterocycles. The van der Waals surface area contributed by atoms with E-state index in [1.54, 1.807) is 18.2 Å². The standard InChI is InChI=1S/C18H14N4O4S/c19-9-12-2-1-3-14(8-12)20-15(23)10-25-17(24)5-4-16-21-18(22-26-16)13-6-7-27-11-13/h1-3,6-8,11H,4-5,10H2,(H,20,23). The van der Waals surface area contributed by atoms with Crippen LogP contribution in [-0.4, -0.2) is 28.6 Å². The van der Waals surface area contributed by atoms with E-state index in [0.717, 1.165) is 5.56 Å². The minimum atomic E-state index is -0.550. The summed E-state index contributed by atoms with van der Waals surface area (Å²) in [6, 6.07) is 10.3. The van der Waals surface area contributed by atoms with Crippen molar-refractivity contribution in [3.63, 3.8) is 0 Å². The number of thiophene rings is 1. The van der Waals surface area contributed by atoms with Crippen molar-refractivity contribution < 1.29 is 18.8 Å². The number of aromatic nitrogens is 2. The number of nitrogens with zero attached hydrogens (tertiary/aromatic N) is 3. The molecule has 0 spiro atoms. The number of carbonyl (C=O) groups excluding carboxylic acids is 2. The van der Waals surface area contributed by atoms with Gasteiger partial charge in [-0.1, -0.05) is 11.2 Å². The van der Waals surface area contributed by atoms with Crippen LogP contribution in [0.4, 0.5) is 5.69 Å². The Kier molecular flexibility index (Phi) is 5.91. The maximum atomic E-state index is 11.8. The Morgan fingerprint density at radius 3 is 3.00 bits per heavy atom. The Hall–Kier alpha value is -3.51. The molecule has 3 rings (SSSR count). The average Bonchev–Trinajstić information content (AvgIpc) is 3.36. The third-order valence-electron chi connectivity index (χ3n) is 3.43. The zero-order chi connectivity index (χ0) is 19.1. The Morgan fingerprint density at radius 1 is 1.33 bits per heavy atom. The summed E-state index contributed by atoms with van der Waals surface area (Å²) in [5.41, 5.74) is 1.74. The second-order valence-corrected chi connectivity index (χ2v) is 6.21. The molecule has 0 unspecified atom stereocenters. The fraction of sp³-hybridized carbons (Fsp3) is 0.167. The van der Waals surface area contributed by atoms with E-state index < -0.39 is 18.5 Å². The summed E-state index contributed by atoms with van der Waals surface area (Å²) in [4.78, 5) is 27.8. The molecule has 0 aliphatic carbocycles. The van der Waals surface area contributed by atoms with Crippen molar-refractivity contribution >= 4 is 28.9 Å². The molecule has 3 aromatic rings. The van der Waals surface area contributed by atoms with Crippen LogP contribution >= 0.6 is 11.3 Å². The molecule has 1 N–H and O–H groups in total. The van der Waals surface area contributed by atoms with E-state index in [4.69, 9.17) is 14.5 Å². The molecule has 0 fully saturated rings. The number of anilines is 1. The second-order valence-electron chi connectivity index (χ2n) is 5.43. The third-order valence-corrected chi connectivity index (χ3v) is 4.11. The Labute approximate surface area is 158 Å². The molecule has 8 nitrogen and oxygen atoms in total. The van der Waals surface area contributed by atoms with Crippen LogP contribution < -0.4 is 5.32 Å². The number of hydrogen-bond acceptors (Lipinski definition) is 8. The van der Waals surface area contributed by atoms with E-state index in [9.17, 15) is 9.59 Å². The van der Waals surface area contributed by atoms with Crippen LogP contribution in [0.5, 0.6) is 0 Å². The summed E-state index contributed by atoms with van der Waals surface area (Å²) in [6.45, 7) is -0.417. The number of hydrogen-bond donors (Lipinski definition) is 1. The highest BCUT2D eigenvalue weighted by molar-refractivity contribution is 7.08. The molecule has 1 amide bonds. The van der Waals surface area contributed by atoms with Gasteiger partial charge in [0.05, 0.1) is 18.1 Å². The number of amides is 1. The highest BCUT2D eigenvalue weighted by Gasteiger charge is 2.13. The average molecular weight is 382 g/mol. The molecule has 0 atom stereocenters. The first kappa shape index (κ1) is 18.3. The van der Waals surface area contributed by atoms with Gasteiger partial charge >= 0.3 is 5.97 Å². The van der Waals surface area contributed by atoms with Gasteiger partial charge in [0.1, 0.15) is 0 Å². The summed E-state index contributed by atoms with van der Waals surface area (Å²) in [5, 5.41) is 19.0. The molecule has 27 heavy (non-hydrogen) atoms. The number of esters is 1. The fourth-order valence-corrected chi connectivity index (χ4v) is 2.79. The lowest BCUT2D eigenvalue weighted by Crippen LogP contribution is -2.21. The molecule has 136 valence electrons. The highest BCUT2D eigenvalue weighted by atomic mass is 32.1. The van der Waals surface area contributed by atoms with Gasteiger partial charge in [-0.25, -0.2) is 0 Å². The van der Waals surface area contributed by atoms with E-state index in [2.05, 4.69) is 15.5 Å². The van der Waals surface area contributed by atoms with Gasteiger partial charge < -0.3 is 14.6 Å². The smallest absolute Gasteiger partial charge is 0.306 e. The van der Waals surface area contributed by atoms with Crippen LogP contribution in [0.2, 0.25) is 0 Å². The summed E-state index contributed by atoms with van der Waals surface area (Å²) < 4.78 is 10.0. The van der Waals surface area contributed by atoms with E-state index in [1.807, 2.05) is 22.9 Å². The minimum absolute atomic E-state index is 0.0163. The minimum Gasteiger partial charge on any atom is -0.456 e. The topological polar surface area (TPSA) is 118 Å². The van der Waals surface area contributed by atoms with Crippen LogP contribution in [0.1, 0.15) is 17.9 Å². The van der Waals surface area contributed by atoms with Gasteiger partial charge in [-0.15, -0.1) is 0 Å². The van der Waals surface area contributed by atoms with E-state index in [1.165, 1.54) is 17.4 Å². The normalized spacial score (nSPS) is 10.2. The Bertz CT molecular complexity index is 975. The van der Waals surface area contributed by atoms with Gasteiger partial charge in [0.2, 0.25) is 11.7 Å². The van der Waals surface area contributed by atoms with Crippen LogP contribution in [-0.2, 0) is 20.7 Å². The van der Waals surface area contributed by atoms with Crippen molar-refractivity contribution in [2.45, 2.75) is 12.8 Å². The molecule has 0 aliphatic heterocycles. The van der Waals surface area contributed by atoms with Gasteiger partial charge in [0.25, 0.3) is 5.91 Å². The largest absolute Gasteiger partial charge is 0.456 e. The predicted octanol–water partition coefficient (Wildman–Crippen LogP) is 2.78. The van der Waals surface area contributed by atoms with Crippen LogP contribution in [0.15, 0.2) is 45.6 Å². The van der Waals surface area contributed by atoms with Gasteiger partial charge in [-0.3, -0.25) is 9.59 Å². The summed E-state index contributed by atoms with van der Waals surface area (Å²) in [6.07, 6.45) is 0.240. The summed E-state index contributed by atoms with van der Waals surface area (Å²) in [5.74, 6) is -0.244. The first-order chi connectivity index (χ1) is 13.1. The number of nitriles is 1. The molecule has 2 aromatic heterocycles. The van der Waals surface area contributed by atoms with Gasteiger partial charge in [-0.05, 0) is 29.6 Å². The maximum Gasteiger partial charge on any atom is 0.306 e. The molecular formula is C18H14N4O4S. The fourth-order valence-electron chi connectivity index (χ4n) is 2.16. The van der Waals surface area contributed by atoms with Crippen LogP contribution in [0.25, 0.3) is 11.4 Å². The first-order valence-electron chi connectivity index (χ1n) is 7.95. The SMILES string of the molecule is N#Cc1cccc(NC(=O)COC(=O)CCc2nc(-c3ccsc3)no2)c1. The molecule has 2 heterocycles. The third kappa shape index (κ3) is 5.23. The first-order valence-corrected chi connectivity index (χ1v) is 8.89. The zero-order valence-electron chi connectivity index (χ0n) is 14.0. The van der Waals surface area contributed by atoms with Crippen molar-refractivity contribution in [1.29, 1.82) is 5.26 Å². The van der Waals surface area contributed by atoms with Gasteiger partial charge in [0, 0.05) is 23.1 Å². The number of benzene rings is 1. The van der Waals surface area contributed by atoms with Crippen molar-refractivity contribution in [3.8, 4) is 17.5 Å². The van der Waals surface area contributed by atoms with Gasteiger partial charge in [-0.2, -0.15) is 21.6 Å². The number of nitrogens with one attached hydrogen (secondary N) is 1. The number of ether oxygens (including phenoxy) is 1. The molecular weight excluding hydrogens is 368 g/mol. The van der Waals surface area contributed by atoms with Crippen molar-refractivity contribution in [3.05, 3.63) is 52.5 Å². The van der Waals surface area contributed by atoms with Crippen molar-refractivity contribution in [1.82, 2.24) is 10.1 Å². The van der Waals surface area contributed by atoms with Crippen LogP contribution in [0, 0.1) is 11.3 Å². The quantitative estimate of drug-likeness (QED) is 0.624. The molecule has 0 radical (unpaired) electrons. The molecule has 1 aromatic carbocycles. The van der Waals surface area contributed by atoms with Crippen molar-refractivity contribution in [2.24, 2.45) is 0 Å². The number of carbonyl (C=O) groups is 2. The lowest BCUT2D eigenvalue weighted by atomic mass is 10.2. The van der Waals surface area contributed by atoms with E-state index >= 15 is 0 Å². The van der Waals surface area contributed by atoms with Crippen LogP contribution in [0.3, 0.4) is 0 Å². The zero-order valence-corrected chi connectivity index (χ0v) is 14.9. The van der Waals surface area contributed by atoms with E-state index in [-0.39, 0.29) is 12.8 Å². The lowest BCUT2D eigenvalue weighted by molar-refractivity contribution is -0.147.